The number of hydrogen-bond donors (Lipinski definition) is 2. The van der Waals surface area contributed by atoms with Crippen LogP contribution >= 0.6 is 11.8 Å². The van der Waals surface area contributed by atoms with Gasteiger partial charge in [0.25, 0.3) is 0 Å². The lowest BCUT2D eigenvalue weighted by atomic mass is 10.1. The molecule has 0 amide bonds. The molecule has 2 N–H and O–H groups in total. The fraction of sp³-hybridized carbons (Fsp3) is 0.286. The average molecular weight is 395 g/mol. The van der Waals surface area contributed by atoms with E-state index in [9.17, 15) is 0 Å². The van der Waals surface area contributed by atoms with Gasteiger partial charge in [0.15, 0.2) is 0 Å². The lowest BCUT2D eigenvalue weighted by Crippen LogP contribution is -2.21. The van der Waals surface area contributed by atoms with Gasteiger partial charge in [0.1, 0.15) is 0 Å². The Kier molecular flexibility index (Phi) is 7.08. The van der Waals surface area contributed by atoms with E-state index in [2.05, 4.69) is 93.8 Å². The molecule has 7 heteroatoms. The molecule has 3 aromatic rings. The quantitative estimate of drug-likeness (QED) is 0.313. The summed E-state index contributed by atoms with van der Waals surface area (Å²) in [5, 5.41) is 12.0. The minimum atomic E-state index is 0.531. The summed E-state index contributed by atoms with van der Waals surface area (Å²) in [5.41, 5.74) is 7.72. The highest BCUT2D eigenvalue weighted by molar-refractivity contribution is 7.98. The van der Waals surface area contributed by atoms with Crippen LogP contribution in [0.1, 0.15) is 30.5 Å². The molecule has 0 spiro atoms. The second-order valence-corrected chi connectivity index (χ2v) is 7.26. The third kappa shape index (κ3) is 5.36. The molecule has 0 saturated carbocycles. The Morgan fingerprint density at radius 1 is 1.11 bits per heavy atom. The normalized spacial score (nSPS) is 11.1. The first-order valence-corrected chi connectivity index (χ1v) is 10.4. The summed E-state index contributed by atoms with van der Waals surface area (Å²) in [4.78, 5) is 6.72. The van der Waals surface area contributed by atoms with Gasteiger partial charge in [-0.15, -0.1) is 5.10 Å². The predicted octanol–water partition coefficient (Wildman–Crippen LogP) is 4.70. The van der Waals surface area contributed by atoms with Crippen molar-refractivity contribution in [3.63, 3.8) is 0 Å². The molecule has 0 atom stereocenters. The number of aryl methyl sites for hydroxylation is 1. The van der Waals surface area contributed by atoms with Gasteiger partial charge in [-0.2, -0.15) is 10.1 Å². The van der Waals surface area contributed by atoms with E-state index >= 15 is 0 Å². The van der Waals surface area contributed by atoms with E-state index in [4.69, 9.17) is 0 Å². The van der Waals surface area contributed by atoms with Gasteiger partial charge in [0, 0.05) is 24.5 Å². The molecule has 2 aromatic carbocycles. The third-order valence-corrected chi connectivity index (χ3v) is 5.38. The Morgan fingerprint density at radius 3 is 2.57 bits per heavy atom. The Morgan fingerprint density at radius 2 is 1.86 bits per heavy atom. The van der Waals surface area contributed by atoms with Crippen LogP contribution < -0.4 is 10.3 Å². The Balaban J connectivity index is 1.52. The van der Waals surface area contributed by atoms with E-state index in [0.717, 1.165) is 24.4 Å². The summed E-state index contributed by atoms with van der Waals surface area (Å²) in [5.74, 6) is 1.37. The minimum absolute atomic E-state index is 0.531. The summed E-state index contributed by atoms with van der Waals surface area (Å²) in [6.45, 7) is 8.44. The van der Waals surface area contributed by atoms with E-state index in [1.54, 1.807) is 18.0 Å². The molecule has 1 heterocycles. The molecule has 0 fully saturated rings. The van der Waals surface area contributed by atoms with Crippen LogP contribution in [-0.2, 0) is 5.75 Å². The van der Waals surface area contributed by atoms with Crippen molar-refractivity contribution >= 4 is 29.6 Å². The number of hydrazone groups is 1. The maximum absolute atomic E-state index is 4.41. The molecule has 0 aliphatic carbocycles. The predicted molar refractivity (Wildman–Crippen MR) is 118 cm³/mol. The Bertz CT molecular complexity index is 899. The van der Waals surface area contributed by atoms with Crippen molar-refractivity contribution in [3.8, 4) is 0 Å². The van der Waals surface area contributed by atoms with Crippen molar-refractivity contribution in [2.24, 2.45) is 5.10 Å². The highest BCUT2D eigenvalue weighted by Crippen LogP contribution is 2.21. The molecule has 0 saturated heterocycles. The van der Waals surface area contributed by atoms with Crippen molar-refractivity contribution < 1.29 is 0 Å². The Hall–Kier alpha value is -2.80. The SMILES string of the molecule is CCN(CC)c1ccc(/C=N\Nc2nc(SCc3ccccc3C)n[nH]2)cc1. The molecule has 0 radical (unpaired) electrons. The van der Waals surface area contributed by atoms with Crippen LogP contribution in [0.3, 0.4) is 0 Å². The molecule has 0 bridgehead atoms. The van der Waals surface area contributed by atoms with Gasteiger partial charge in [-0.3, -0.25) is 0 Å². The smallest absolute Gasteiger partial charge is 0.240 e. The van der Waals surface area contributed by atoms with E-state index in [0.29, 0.717) is 11.1 Å². The fourth-order valence-corrected chi connectivity index (χ4v) is 3.68. The van der Waals surface area contributed by atoms with Crippen LogP contribution in [0.15, 0.2) is 58.8 Å². The van der Waals surface area contributed by atoms with Gasteiger partial charge in [0.2, 0.25) is 11.1 Å². The van der Waals surface area contributed by atoms with Gasteiger partial charge in [-0.1, -0.05) is 48.2 Å². The molecule has 0 unspecified atom stereocenters. The molecular weight excluding hydrogens is 368 g/mol. The lowest BCUT2D eigenvalue weighted by Gasteiger charge is -2.20. The zero-order valence-electron chi connectivity index (χ0n) is 16.5. The van der Waals surface area contributed by atoms with Crippen molar-refractivity contribution in [3.05, 3.63) is 65.2 Å². The first-order valence-electron chi connectivity index (χ1n) is 9.43. The summed E-state index contributed by atoms with van der Waals surface area (Å²) in [6.07, 6.45) is 1.77. The lowest BCUT2D eigenvalue weighted by molar-refractivity contribution is 0.866. The number of H-pyrrole nitrogens is 1. The Labute approximate surface area is 170 Å². The number of benzene rings is 2. The first kappa shape index (κ1) is 19.9. The van der Waals surface area contributed by atoms with Crippen LogP contribution in [0, 0.1) is 6.92 Å². The second kappa shape index (κ2) is 9.94. The number of nitrogens with one attached hydrogen (secondary N) is 2. The summed E-state index contributed by atoms with van der Waals surface area (Å²) < 4.78 is 0. The van der Waals surface area contributed by atoms with Crippen LogP contribution in [-0.4, -0.2) is 34.5 Å². The van der Waals surface area contributed by atoms with Gasteiger partial charge in [-0.25, -0.2) is 10.5 Å². The summed E-state index contributed by atoms with van der Waals surface area (Å²) >= 11 is 1.60. The zero-order chi connectivity index (χ0) is 19.8. The van der Waals surface area contributed by atoms with E-state index in [1.807, 2.05) is 6.07 Å². The highest BCUT2D eigenvalue weighted by Gasteiger charge is 2.05. The van der Waals surface area contributed by atoms with E-state index < -0.39 is 0 Å². The number of rotatable bonds is 9. The van der Waals surface area contributed by atoms with Crippen molar-refractivity contribution in [1.82, 2.24) is 15.2 Å². The topological polar surface area (TPSA) is 69.2 Å². The zero-order valence-corrected chi connectivity index (χ0v) is 17.3. The largest absolute Gasteiger partial charge is 0.372 e. The van der Waals surface area contributed by atoms with Crippen molar-refractivity contribution in [1.29, 1.82) is 0 Å². The molecule has 1 aromatic heterocycles. The molecule has 146 valence electrons. The van der Waals surface area contributed by atoms with Gasteiger partial charge in [0.05, 0.1) is 6.21 Å². The summed E-state index contributed by atoms with van der Waals surface area (Å²) in [6, 6.07) is 16.7. The number of thioether (sulfide) groups is 1. The van der Waals surface area contributed by atoms with E-state index in [-0.39, 0.29) is 0 Å². The highest BCUT2D eigenvalue weighted by atomic mass is 32.2. The number of anilines is 2. The van der Waals surface area contributed by atoms with E-state index in [1.165, 1.54) is 16.8 Å². The van der Waals surface area contributed by atoms with Crippen molar-refractivity contribution in [2.75, 3.05) is 23.4 Å². The standard InChI is InChI=1S/C21H26N6S/c1-4-27(5-2)19-12-10-17(11-13-19)14-22-24-20-23-21(26-25-20)28-15-18-9-7-6-8-16(18)3/h6-14H,4-5,15H2,1-3H3,(H2,23,24,25,26)/b22-14-. The fourth-order valence-electron chi connectivity index (χ4n) is 2.80. The van der Waals surface area contributed by atoms with Gasteiger partial charge < -0.3 is 4.90 Å². The van der Waals surface area contributed by atoms with Crippen molar-refractivity contribution in [2.45, 2.75) is 31.7 Å². The number of nitrogens with zero attached hydrogens (tertiary/aromatic N) is 4. The number of hydrogen-bond acceptors (Lipinski definition) is 6. The van der Waals surface area contributed by atoms with Gasteiger partial charge >= 0.3 is 0 Å². The molecule has 28 heavy (non-hydrogen) atoms. The maximum Gasteiger partial charge on any atom is 0.240 e. The third-order valence-electron chi connectivity index (χ3n) is 4.49. The summed E-state index contributed by atoms with van der Waals surface area (Å²) in [7, 11) is 0. The van der Waals surface area contributed by atoms with Crippen LogP contribution in [0.2, 0.25) is 0 Å². The maximum atomic E-state index is 4.41. The number of aromatic amines is 1. The molecule has 3 rings (SSSR count). The minimum Gasteiger partial charge on any atom is -0.372 e. The average Bonchev–Trinajstić information content (AvgIpc) is 3.17. The van der Waals surface area contributed by atoms with Crippen LogP contribution in [0.25, 0.3) is 0 Å². The van der Waals surface area contributed by atoms with Crippen LogP contribution in [0.5, 0.6) is 0 Å². The van der Waals surface area contributed by atoms with Gasteiger partial charge in [-0.05, 0) is 49.6 Å². The molecule has 0 aliphatic rings. The first-order chi connectivity index (χ1) is 13.7. The second-order valence-electron chi connectivity index (χ2n) is 6.32. The monoisotopic (exact) mass is 394 g/mol. The van der Waals surface area contributed by atoms with Crippen LogP contribution in [0.4, 0.5) is 11.6 Å². The number of aromatic nitrogens is 3. The molecule has 6 nitrogen and oxygen atoms in total. The molecular formula is C21H26N6S. The molecule has 0 aliphatic heterocycles.